The minimum absolute atomic E-state index is 0.0128. The second-order valence-corrected chi connectivity index (χ2v) is 5.49. The van der Waals surface area contributed by atoms with Gasteiger partial charge in [-0.25, -0.2) is 4.31 Å². The molecule has 2 aliphatic heterocycles. The van der Waals surface area contributed by atoms with Crippen molar-refractivity contribution in [3.05, 3.63) is 0 Å². The van der Waals surface area contributed by atoms with E-state index in [2.05, 4.69) is 0 Å². The number of carbonyl (C=O) groups is 2. The molecule has 0 saturated carbocycles. The van der Waals surface area contributed by atoms with Crippen molar-refractivity contribution in [2.24, 2.45) is 0 Å². The minimum Gasteiger partial charge on any atom is -0.391 e. The van der Waals surface area contributed by atoms with Crippen LogP contribution in [0.3, 0.4) is 0 Å². The Balaban J connectivity index is 2.17. The highest BCUT2D eigenvalue weighted by Gasteiger charge is 2.55. The molecule has 3 atom stereocenters. The van der Waals surface area contributed by atoms with Crippen molar-refractivity contribution in [2.45, 2.75) is 31.5 Å². The Morgan fingerprint density at radius 3 is 2.29 bits per heavy atom. The molecule has 1 unspecified atom stereocenters. The van der Waals surface area contributed by atoms with Gasteiger partial charge in [-0.15, -0.1) is 0 Å². The summed E-state index contributed by atoms with van der Waals surface area (Å²) in [6.07, 6.45) is -0.898. The lowest BCUT2D eigenvalue weighted by atomic mass is 9.99. The maximum Gasteiger partial charge on any atom is 0.362 e. The maximum absolute atomic E-state index is 11.6. The minimum atomic E-state index is -4.57. The fourth-order valence-corrected chi connectivity index (χ4v) is 3.15. The smallest absolute Gasteiger partial charge is 0.362 e. The third-order valence-electron chi connectivity index (χ3n) is 3.02. The number of β-lactam (4-membered cyclic amide) rings is 1. The van der Waals surface area contributed by atoms with Crippen LogP contribution in [-0.2, 0) is 19.9 Å². The molecule has 0 aliphatic carbocycles. The number of amides is 2. The highest BCUT2D eigenvalue weighted by Crippen LogP contribution is 2.30. The first-order valence-corrected chi connectivity index (χ1v) is 6.41. The fraction of sp³-hybridized carbons (Fsp3) is 0.750. The van der Waals surface area contributed by atoms with Crippen LogP contribution in [0.4, 0.5) is 0 Å². The summed E-state index contributed by atoms with van der Waals surface area (Å²) in [6.45, 7) is 1.43. The number of hydrogen-bond acceptors (Lipinski definition) is 5. The van der Waals surface area contributed by atoms with Gasteiger partial charge in [0.2, 0.25) is 5.91 Å². The molecule has 2 rings (SSSR count). The monoisotopic (exact) mass is 264 g/mol. The highest BCUT2D eigenvalue weighted by molar-refractivity contribution is 7.84. The van der Waals surface area contributed by atoms with Crippen molar-refractivity contribution in [3.8, 4) is 0 Å². The first-order chi connectivity index (χ1) is 7.73. The zero-order valence-electron chi connectivity index (χ0n) is 8.98. The standard InChI is InChI=1S/C8H12N2O6S/c1-4-7(8(13)10(4)17(14,15)16)9-3-5(11)2-6(9)12/h4-5,7,11H,2-3H2,1H3,(H,14,15,16)/t4-,5?,7-/m0/s1. The molecule has 0 aromatic heterocycles. The van der Waals surface area contributed by atoms with Crippen LogP contribution in [0, 0.1) is 0 Å². The van der Waals surface area contributed by atoms with Gasteiger partial charge in [0.15, 0.2) is 0 Å². The van der Waals surface area contributed by atoms with Gasteiger partial charge >= 0.3 is 10.3 Å². The van der Waals surface area contributed by atoms with Gasteiger partial charge in [0.25, 0.3) is 5.91 Å². The lowest BCUT2D eigenvalue weighted by Crippen LogP contribution is -2.71. The van der Waals surface area contributed by atoms with Crippen molar-refractivity contribution in [1.29, 1.82) is 0 Å². The normalized spacial score (nSPS) is 34.2. The van der Waals surface area contributed by atoms with E-state index in [1.165, 1.54) is 6.92 Å². The van der Waals surface area contributed by atoms with E-state index >= 15 is 0 Å². The summed E-state index contributed by atoms with van der Waals surface area (Å²) in [7, 11) is -4.57. The van der Waals surface area contributed by atoms with E-state index < -0.39 is 40.3 Å². The molecule has 8 nitrogen and oxygen atoms in total. The number of carbonyl (C=O) groups excluding carboxylic acids is 2. The Morgan fingerprint density at radius 1 is 1.35 bits per heavy atom. The van der Waals surface area contributed by atoms with E-state index in [9.17, 15) is 23.1 Å². The first kappa shape index (κ1) is 12.3. The van der Waals surface area contributed by atoms with Gasteiger partial charge in [-0.2, -0.15) is 8.42 Å². The molecule has 0 bridgehead atoms. The van der Waals surface area contributed by atoms with Gasteiger partial charge in [0.05, 0.1) is 18.6 Å². The summed E-state index contributed by atoms with van der Waals surface area (Å²) in [6, 6.07) is -1.73. The van der Waals surface area contributed by atoms with Gasteiger partial charge < -0.3 is 10.0 Å². The quantitative estimate of drug-likeness (QED) is 0.439. The van der Waals surface area contributed by atoms with Crippen LogP contribution in [0.2, 0.25) is 0 Å². The zero-order chi connectivity index (χ0) is 13.0. The summed E-state index contributed by atoms with van der Waals surface area (Å²) < 4.78 is 30.8. The van der Waals surface area contributed by atoms with Crippen molar-refractivity contribution in [2.75, 3.05) is 6.54 Å². The number of β-amino-alcohol motifs (C(OH)–C–C–N with tert-alkyl or cyclic N) is 1. The molecular weight excluding hydrogens is 252 g/mol. The maximum atomic E-state index is 11.6. The SMILES string of the molecule is C[C@H]1[C@H](N2CC(O)CC2=O)C(=O)N1S(=O)(=O)O. The number of nitrogens with zero attached hydrogens (tertiary/aromatic N) is 2. The van der Waals surface area contributed by atoms with Crippen molar-refractivity contribution in [1.82, 2.24) is 9.21 Å². The molecule has 0 aromatic carbocycles. The number of aliphatic hydroxyl groups excluding tert-OH is 1. The zero-order valence-corrected chi connectivity index (χ0v) is 9.79. The molecule has 2 N–H and O–H groups in total. The fourth-order valence-electron chi connectivity index (χ4n) is 2.28. The molecule has 17 heavy (non-hydrogen) atoms. The number of aliphatic hydroxyl groups is 1. The van der Waals surface area contributed by atoms with Gasteiger partial charge in [0, 0.05) is 6.54 Å². The first-order valence-electron chi connectivity index (χ1n) is 5.01. The van der Waals surface area contributed by atoms with E-state index in [1.807, 2.05) is 0 Å². The molecule has 2 saturated heterocycles. The second-order valence-electron chi connectivity index (χ2n) is 4.20. The Labute approximate surface area is 97.7 Å². The predicted octanol–water partition coefficient (Wildman–Crippen LogP) is -2.02. The van der Waals surface area contributed by atoms with Gasteiger partial charge in [0.1, 0.15) is 6.04 Å². The van der Waals surface area contributed by atoms with E-state index in [0.29, 0.717) is 4.31 Å². The van der Waals surface area contributed by atoms with Crippen LogP contribution in [0.1, 0.15) is 13.3 Å². The number of rotatable bonds is 2. The van der Waals surface area contributed by atoms with Gasteiger partial charge in [-0.1, -0.05) is 0 Å². The Bertz CT molecular complexity index is 474. The Morgan fingerprint density at radius 2 is 1.94 bits per heavy atom. The molecule has 0 radical (unpaired) electrons. The summed E-state index contributed by atoms with van der Waals surface area (Å²) in [5.74, 6) is -1.24. The molecular formula is C8H12N2O6S. The molecule has 2 heterocycles. The third-order valence-corrected chi connectivity index (χ3v) is 4.03. The van der Waals surface area contributed by atoms with Crippen molar-refractivity contribution < 1.29 is 27.7 Å². The van der Waals surface area contributed by atoms with Gasteiger partial charge in [-0.05, 0) is 6.92 Å². The summed E-state index contributed by atoms with van der Waals surface area (Å²) in [4.78, 5) is 24.2. The second kappa shape index (κ2) is 3.65. The molecule has 2 aliphatic rings. The molecule has 2 fully saturated rings. The van der Waals surface area contributed by atoms with E-state index in [4.69, 9.17) is 4.55 Å². The van der Waals surface area contributed by atoms with Crippen LogP contribution in [0.15, 0.2) is 0 Å². The van der Waals surface area contributed by atoms with Crippen molar-refractivity contribution >= 4 is 22.1 Å². The molecule has 9 heteroatoms. The van der Waals surface area contributed by atoms with Crippen LogP contribution in [-0.4, -0.2) is 63.8 Å². The van der Waals surface area contributed by atoms with Gasteiger partial charge in [-0.3, -0.25) is 14.1 Å². The van der Waals surface area contributed by atoms with E-state index in [1.54, 1.807) is 0 Å². The Hall–Kier alpha value is -1.19. The predicted molar refractivity (Wildman–Crippen MR) is 54.0 cm³/mol. The summed E-state index contributed by atoms with van der Waals surface area (Å²) in [5.41, 5.74) is 0. The summed E-state index contributed by atoms with van der Waals surface area (Å²) >= 11 is 0. The number of hydrogen-bond donors (Lipinski definition) is 2. The highest BCUT2D eigenvalue weighted by atomic mass is 32.2. The van der Waals surface area contributed by atoms with E-state index in [0.717, 1.165) is 4.90 Å². The van der Waals surface area contributed by atoms with Crippen LogP contribution >= 0.6 is 0 Å². The van der Waals surface area contributed by atoms with Crippen LogP contribution in [0.5, 0.6) is 0 Å². The lowest BCUT2D eigenvalue weighted by Gasteiger charge is -2.46. The molecule has 96 valence electrons. The summed E-state index contributed by atoms with van der Waals surface area (Å²) in [5, 5.41) is 9.28. The van der Waals surface area contributed by atoms with Crippen molar-refractivity contribution in [3.63, 3.8) is 0 Å². The van der Waals surface area contributed by atoms with E-state index in [-0.39, 0.29) is 13.0 Å². The topological polar surface area (TPSA) is 115 Å². The van der Waals surface area contributed by atoms with Crippen LogP contribution in [0.25, 0.3) is 0 Å². The molecule has 0 aromatic rings. The molecule has 2 amide bonds. The third kappa shape index (κ3) is 1.79. The Kier molecular flexibility index (Phi) is 2.64. The largest absolute Gasteiger partial charge is 0.391 e. The average molecular weight is 264 g/mol. The average Bonchev–Trinajstić information content (AvgIpc) is 2.43. The number of likely N-dealkylation sites (tertiary alicyclic amines) is 1. The van der Waals surface area contributed by atoms with Crippen LogP contribution < -0.4 is 0 Å². The molecule has 0 spiro atoms. The lowest BCUT2D eigenvalue weighted by molar-refractivity contribution is -0.154.